The molecule has 0 N–H and O–H groups in total. The molecule has 0 spiro atoms. The van der Waals surface area contributed by atoms with Crippen molar-refractivity contribution in [3.63, 3.8) is 0 Å². The van der Waals surface area contributed by atoms with Crippen molar-refractivity contribution in [2.75, 3.05) is 26.1 Å². The van der Waals surface area contributed by atoms with Crippen molar-refractivity contribution in [2.24, 2.45) is 0 Å². The molecule has 0 aliphatic carbocycles. The number of rotatable bonds is 7. The van der Waals surface area contributed by atoms with E-state index in [1.807, 2.05) is 0 Å². The van der Waals surface area contributed by atoms with E-state index >= 15 is 0 Å². The van der Waals surface area contributed by atoms with Crippen LogP contribution in [0, 0.1) is 0 Å². The standard InChI is InChI=1S/C9H18O4S/c1-4-13-9(10)7-8(2)14(11)6-5-12-3/h8H,4-7H2,1-3H3. The fraction of sp³-hybridized carbons (Fsp3) is 0.889. The monoisotopic (exact) mass is 222 g/mol. The zero-order valence-corrected chi connectivity index (χ0v) is 9.76. The van der Waals surface area contributed by atoms with E-state index < -0.39 is 10.8 Å². The molecule has 4 nitrogen and oxygen atoms in total. The quantitative estimate of drug-likeness (QED) is 0.596. The van der Waals surface area contributed by atoms with E-state index in [9.17, 15) is 9.00 Å². The Morgan fingerprint density at radius 2 is 2.14 bits per heavy atom. The molecular weight excluding hydrogens is 204 g/mol. The second kappa shape index (κ2) is 7.94. The highest BCUT2D eigenvalue weighted by atomic mass is 32.2. The Bertz CT molecular complexity index is 193. The average Bonchev–Trinajstić information content (AvgIpc) is 2.14. The van der Waals surface area contributed by atoms with Crippen LogP contribution in [0.4, 0.5) is 0 Å². The predicted molar refractivity (Wildman–Crippen MR) is 55.6 cm³/mol. The van der Waals surface area contributed by atoms with E-state index in [4.69, 9.17) is 9.47 Å². The molecule has 0 saturated heterocycles. The largest absolute Gasteiger partial charge is 0.466 e. The van der Waals surface area contributed by atoms with Crippen molar-refractivity contribution in [1.29, 1.82) is 0 Å². The molecule has 0 rings (SSSR count). The number of ether oxygens (including phenoxy) is 2. The van der Waals surface area contributed by atoms with E-state index in [0.29, 0.717) is 19.0 Å². The Kier molecular flexibility index (Phi) is 7.70. The molecule has 0 amide bonds. The highest BCUT2D eigenvalue weighted by molar-refractivity contribution is 7.85. The topological polar surface area (TPSA) is 52.6 Å². The molecule has 0 saturated carbocycles. The molecule has 14 heavy (non-hydrogen) atoms. The van der Waals surface area contributed by atoms with Crippen LogP contribution in [0.25, 0.3) is 0 Å². The summed E-state index contributed by atoms with van der Waals surface area (Å²) in [5.74, 6) is 0.183. The lowest BCUT2D eigenvalue weighted by atomic mass is 10.3. The maximum Gasteiger partial charge on any atom is 0.306 e. The highest BCUT2D eigenvalue weighted by Crippen LogP contribution is 2.03. The first-order valence-electron chi connectivity index (χ1n) is 4.63. The summed E-state index contributed by atoms with van der Waals surface area (Å²) in [7, 11) is 0.548. The van der Waals surface area contributed by atoms with Gasteiger partial charge in [0.15, 0.2) is 0 Å². The van der Waals surface area contributed by atoms with Crippen molar-refractivity contribution in [2.45, 2.75) is 25.5 Å². The third kappa shape index (κ3) is 6.10. The smallest absolute Gasteiger partial charge is 0.306 e. The first-order valence-corrected chi connectivity index (χ1v) is 6.01. The molecule has 2 unspecified atom stereocenters. The molecule has 0 aromatic heterocycles. The Balaban J connectivity index is 3.76. The van der Waals surface area contributed by atoms with Crippen LogP contribution in [0.15, 0.2) is 0 Å². The van der Waals surface area contributed by atoms with Crippen molar-refractivity contribution in [3.8, 4) is 0 Å². The Labute approximate surface area is 87.4 Å². The summed E-state index contributed by atoms with van der Waals surface area (Å²) in [6.07, 6.45) is 0.212. The maximum absolute atomic E-state index is 11.5. The fourth-order valence-corrected chi connectivity index (χ4v) is 1.97. The highest BCUT2D eigenvalue weighted by Gasteiger charge is 2.15. The summed E-state index contributed by atoms with van der Waals surface area (Å²) in [5, 5.41) is -0.163. The number of methoxy groups -OCH3 is 1. The van der Waals surface area contributed by atoms with Gasteiger partial charge in [0, 0.05) is 28.9 Å². The zero-order chi connectivity index (χ0) is 11.0. The molecule has 0 aromatic rings. The van der Waals surface area contributed by atoms with Gasteiger partial charge in [-0.3, -0.25) is 9.00 Å². The van der Waals surface area contributed by atoms with E-state index in [1.165, 1.54) is 0 Å². The van der Waals surface area contributed by atoms with Crippen LogP contribution in [0.3, 0.4) is 0 Å². The molecule has 5 heteroatoms. The zero-order valence-electron chi connectivity index (χ0n) is 8.95. The molecule has 0 aliphatic heterocycles. The maximum atomic E-state index is 11.5. The second-order valence-corrected chi connectivity index (χ2v) is 4.87. The van der Waals surface area contributed by atoms with Gasteiger partial charge in [0.1, 0.15) is 0 Å². The lowest BCUT2D eigenvalue weighted by Crippen LogP contribution is -2.21. The third-order valence-electron chi connectivity index (χ3n) is 1.70. The molecule has 2 atom stereocenters. The average molecular weight is 222 g/mol. The molecule has 0 aromatic carbocycles. The van der Waals surface area contributed by atoms with Gasteiger partial charge in [-0.25, -0.2) is 0 Å². The van der Waals surface area contributed by atoms with Crippen molar-refractivity contribution in [1.82, 2.24) is 0 Å². The second-order valence-electron chi connectivity index (χ2n) is 2.90. The Hall–Kier alpha value is -0.420. The predicted octanol–water partition coefficient (Wildman–Crippen LogP) is 0.723. The molecule has 0 aliphatic rings. The first kappa shape index (κ1) is 13.6. The van der Waals surface area contributed by atoms with Crippen molar-refractivity contribution in [3.05, 3.63) is 0 Å². The summed E-state index contributed by atoms with van der Waals surface area (Å²) in [6.45, 7) is 4.36. The minimum Gasteiger partial charge on any atom is -0.466 e. The molecule has 0 heterocycles. The number of hydrogen-bond donors (Lipinski definition) is 0. The van der Waals surface area contributed by atoms with Crippen LogP contribution in [0.1, 0.15) is 20.3 Å². The van der Waals surface area contributed by atoms with Gasteiger partial charge in [-0.15, -0.1) is 0 Å². The van der Waals surface area contributed by atoms with Gasteiger partial charge >= 0.3 is 5.97 Å². The summed E-state index contributed by atoms with van der Waals surface area (Å²) < 4.78 is 21.0. The number of esters is 1. The van der Waals surface area contributed by atoms with Crippen LogP contribution in [0.2, 0.25) is 0 Å². The Morgan fingerprint density at radius 1 is 1.50 bits per heavy atom. The molecule has 0 radical (unpaired) electrons. The number of carbonyl (C=O) groups is 1. The fourth-order valence-electron chi connectivity index (χ4n) is 0.914. The van der Waals surface area contributed by atoms with Crippen molar-refractivity contribution >= 4 is 16.8 Å². The molecule has 0 bridgehead atoms. The SMILES string of the molecule is CCOC(=O)CC(C)S(=O)CCOC. The summed E-state index contributed by atoms with van der Waals surface area (Å²) in [4.78, 5) is 11.0. The van der Waals surface area contributed by atoms with Crippen LogP contribution in [0.5, 0.6) is 0 Å². The van der Waals surface area contributed by atoms with Crippen LogP contribution in [-0.4, -0.2) is 41.5 Å². The van der Waals surface area contributed by atoms with Gasteiger partial charge in [0.25, 0.3) is 0 Å². The van der Waals surface area contributed by atoms with Gasteiger partial charge in [-0.2, -0.15) is 0 Å². The van der Waals surface area contributed by atoms with Gasteiger partial charge < -0.3 is 9.47 Å². The molecule has 84 valence electrons. The van der Waals surface area contributed by atoms with E-state index in [-0.39, 0.29) is 17.6 Å². The first-order chi connectivity index (χ1) is 6.61. The normalized spacial score (nSPS) is 14.8. The summed E-state index contributed by atoms with van der Waals surface area (Å²) >= 11 is 0. The summed E-state index contributed by atoms with van der Waals surface area (Å²) in [5.41, 5.74) is 0. The lowest BCUT2D eigenvalue weighted by Gasteiger charge is -2.09. The number of carbonyl (C=O) groups excluding carboxylic acids is 1. The van der Waals surface area contributed by atoms with Crippen LogP contribution in [-0.2, 0) is 25.1 Å². The van der Waals surface area contributed by atoms with E-state index in [1.54, 1.807) is 21.0 Å². The van der Waals surface area contributed by atoms with Gasteiger partial charge in [0.05, 0.1) is 19.6 Å². The molecular formula is C9H18O4S. The van der Waals surface area contributed by atoms with Crippen LogP contribution < -0.4 is 0 Å². The number of hydrogen-bond acceptors (Lipinski definition) is 4. The minimum atomic E-state index is -1.01. The summed E-state index contributed by atoms with van der Waals surface area (Å²) in [6, 6.07) is 0. The minimum absolute atomic E-state index is 0.163. The van der Waals surface area contributed by atoms with E-state index in [0.717, 1.165) is 0 Å². The van der Waals surface area contributed by atoms with Gasteiger partial charge in [0.2, 0.25) is 0 Å². The lowest BCUT2D eigenvalue weighted by molar-refractivity contribution is -0.143. The Morgan fingerprint density at radius 3 is 2.64 bits per heavy atom. The van der Waals surface area contributed by atoms with Crippen molar-refractivity contribution < 1.29 is 18.5 Å². The third-order valence-corrected chi connectivity index (χ3v) is 3.33. The molecule has 0 fully saturated rings. The van der Waals surface area contributed by atoms with Gasteiger partial charge in [-0.1, -0.05) is 6.92 Å². The van der Waals surface area contributed by atoms with E-state index in [2.05, 4.69) is 0 Å². The van der Waals surface area contributed by atoms with Gasteiger partial charge in [-0.05, 0) is 6.92 Å². The van der Waals surface area contributed by atoms with Crippen LogP contribution >= 0.6 is 0 Å².